The molecular formula is C16H21N5O2. The van der Waals surface area contributed by atoms with Crippen molar-refractivity contribution in [3.8, 4) is 0 Å². The third kappa shape index (κ3) is 3.61. The Labute approximate surface area is 135 Å². The Kier molecular flexibility index (Phi) is 4.75. The molecule has 0 radical (unpaired) electrons. The number of furan rings is 1. The van der Waals surface area contributed by atoms with E-state index in [0.29, 0.717) is 18.8 Å². The van der Waals surface area contributed by atoms with Crippen molar-refractivity contribution in [2.45, 2.75) is 13.3 Å². The van der Waals surface area contributed by atoms with E-state index in [4.69, 9.17) is 4.42 Å². The van der Waals surface area contributed by atoms with E-state index in [2.05, 4.69) is 27.1 Å². The predicted octanol–water partition coefficient (Wildman–Crippen LogP) is 1.85. The fraction of sp³-hybridized carbons (Fsp3) is 0.438. The monoisotopic (exact) mass is 315 g/mol. The molecule has 3 rings (SSSR count). The van der Waals surface area contributed by atoms with Gasteiger partial charge in [-0.3, -0.25) is 4.79 Å². The quantitative estimate of drug-likeness (QED) is 0.907. The second-order valence-corrected chi connectivity index (χ2v) is 5.44. The Morgan fingerprint density at radius 2 is 2.13 bits per heavy atom. The van der Waals surface area contributed by atoms with Crippen LogP contribution in [-0.4, -0.2) is 53.5 Å². The Balaban J connectivity index is 1.59. The lowest BCUT2D eigenvalue weighted by Gasteiger charge is -2.35. The molecule has 0 saturated carbocycles. The van der Waals surface area contributed by atoms with Gasteiger partial charge in [0.25, 0.3) is 5.91 Å². The Bertz CT molecular complexity index is 636. The average molecular weight is 315 g/mol. The molecule has 1 saturated heterocycles. The minimum absolute atomic E-state index is 0.0531. The summed E-state index contributed by atoms with van der Waals surface area (Å²) in [5, 5.41) is 3.26. The lowest BCUT2D eigenvalue weighted by atomic mass is 10.3. The van der Waals surface area contributed by atoms with Gasteiger partial charge in [0.1, 0.15) is 18.0 Å². The second kappa shape index (κ2) is 7.13. The van der Waals surface area contributed by atoms with Crippen LogP contribution < -0.4 is 10.2 Å². The molecule has 2 aromatic heterocycles. The van der Waals surface area contributed by atoms with Gasteiger partial charge in [0.15, 0.2) is 5.76 Å². The van der Waals surface area contributed by atoms with Crippen molar-refractivity contribution in [1.29, 1.82) is 0 Å². The number of rotatable bonds is 5. The maximum absolute atomic E-state index is 12.3. The topological polar surface area (TPSA) is 74.5 Å². The lowest BCUT2D eigenvalue weighted by molar-refractivity contribution is 0.0714. The molecule has 7 nitrogen and oxygen atoms in total. The highest BCUT2D eigenvalue weighted by Gasteiger charge is 2.24. The summed E-state index contributed by atoms with van der Waals surface area (Å²) in [6, 6.07) is 5.39. The molecule has 0 unspecified atom stereocenters. The van der Waals surface area contributed by atoms with E-state index in [1.807, 2.05) is 11.0 Å². The zero-order valence-corrected chi connectivity index (χ0v) is 13.2. The van der Waals surface area contributed by atoms with Crippen LogP contribution in [-0.2, 0) is 0 Å². The largest absolute Gasteiger partial charge is 0.459 e. The van der Waals surface area contributed by atoms with Gasteiger partial charge < -0.3 is 19.5 Å². The molecule has 0 aliphatic carbocycles. The molecule has 0 bridgehead atoms. The summed E-state index contributed by atoms with van der Waals surface area (Å²) in [6.45, 7) is 5.81. The number of amides is 1. The number of carbonyl (C=O) groups excluding carboxylic acids is 1. The third-order valence-corrected chi connectivity index (χ3v) is 3.83. The van der Waals surface area contributed by atoms with Crippen molar-refractivity contribution >= 4 is 17.5 Å². The SMILES string of the molecule is CCCNc1cc(N2CCN(C(=O)c3ccco3)CC2)ncn1. The highest BCUT2D eigenvalue weighted by Crippen LogP contribution is 2.17. The van der Waals surface area contributed by atoms with Crippen LogP contribution in [0.3, 0.4) is 0 Å². The molecular weight excluding hydrogens is 294 g/mol. The Hall–Kier alpha value is -2.57. The van der Waals surface area contributed by atoms with E-state index in [1.165, 1.54) is 6.26 Å². The van der Waals surface area contributed by atoms with Crippen LogP contribution in [0.15, 0.2) is 35.2 Å². The van der Waals surface area contributed by atoms with Gasteiger partial charge in [0.05, 0.1) is 6.26 Å². The number of nitrogens with zero attached hydrogens (tertiary/aromatic N) is 4. The Morgan fingerprint density at radius 3 is 2.83 bits per heavy atom. The number of carbonyl (C=O) groups is 1. The van der Waals surface area contributed by atoms with Crippen molar-refractivity contribution < 1.29 is 9.21 Å². The van der Waals surface area contributed by atoms with Crippen molar-refractivity contribution in [3.63, 3.8) is 0 Å². The van der Waals surface area contributed by atoms with E-state index in [0.717, 1.165) is 37.7 Å². The number of hydrogen-bond donors (Lipinski definition) is 1. The molecule has 1 amide bonds. The number of nitrogens with one attached hydrogen (secondary N) is 1. The molecule has 0 atom stereocenters. The summed E-state index contributed by atoms with van der Waals surface area (Å²) in [5.41, 5.74) is 0. The molecule has 2 aromatic rings. The van der Waals surface area contributed by atoms with Crippen molar-refractivity contribution in [2.24, 2.45) is 0 Å². The summed E-state index contributed by atoms with van der Waals surface area (Å²) in [6.07, 6.45) is 4.15. The van der Waals surface area contributed by atoms with Gasteiger partial charge in [-0.05, 0) is 18.6 Å². The van der Waals surface area contributed by atoms with E-state index in [-0.39, 0.29) is 5.91 Å². The normalized spacial score (nSPS) is 14.8. The van der Waals surface area contributed by atoms with Crippen molar-refractivity contribution in [1.82, 2.24) is 14.9 Å². The molecule has 0 spiro atoms. The van der Waals surface area contributed by atoms with Crippen LogP contribution in [0.1, 0.15) is 23.9 Å². The smallest absolute Gasteiger partial charge is 0.289 e. The maximum atomic E-state index is 12.3. The first-order valence-electron chi connectivity index (χ1n) is 7.91. The first-order valence-corrected chi connectivity index (χ1v) is 7.91. The highest BCUT2D eigenvalue weighted by molar-refractivity contribution is 5.91. The summed E-state index contributed by atoms with van der Waals surface area (Å²) < 4.78 is 5.18. The molecule has 23 heavy (non-hydrogen) atoms. The minimum Gasteiger partial charge on any atom is -0.459 e. The van der Waals surface area contributed by atoms with Crippen LogP contribution >= 0.6 is 0 Å². The van der Waals surface area contributed by atoms with Gasteiger partial charge in [-0.2, -0.15) is 0 Å². The molecule has 0 aromatic carbocycles. The van der Waals surface area contributed by atoms with E-state index in [1.54, 1.807) is 18.5 Å². The zero-order chi connectivity index (χ0) is 16.1. The molecule has 122 valence electrons. The van der Waals surface area contributed by atoms with Crippen LogP contribution in [0.4, 0.5) is 11.6 Å². The van der Waals surface area contributed by atoms with Gasteiger partial charge >= 0.3 is 0 Å². The molecule has 1 aliphatic heterocycles. The van der Waals surface area contributed by atoms with Gasteiger partial charge in [0.2, 0.25) is 0 Å². The van der Waals surface area contributed by atoms with Crippen LogP contribution in [0.5, 0.6) is 0 Å². The standard InChI is InChI=1S/C16H21N5O2/c1-2-5-17-14-11-15(19-12-18-14)20-6-8-21(9-7-20)16(22)13-4-3-10-23-13/h3-4,10-12H,2,5-9H2,1H3,(H,17,18,19). The van der Waals surface area contributed by atoms with E-state index in [9.17, 15) is 4.79 Å². The minimum atomic E-state index is -0.0531. The summed E-state index contributed by atoms with van der Waals surface area (Å²) in [7, 11) is 0. The Morgan fingerprint density at radius 1 is 1.30 bits per heavy atom. The number of anilines is 2. The first kappa shape index (κ1) is 15.3. The number of hydrogen-bond acceptors (Lipinski definition) is 6. The fourth-order valence-corrected chi connectivity index (χ4v) is 2.56. The lowest BCUT2D eigenvalue weighted by Crippen LogP contribution is -2.49. The zero-order valence-electron chi connectivity index (χ0n) is 13.2. The molecule has 3 heterocycles. The van der Waals surface area contributed by atoms with Crippen LogP contribution in [0.2, 0.25) is 0 Å². The van der Waals surface area contributed by atoms with Crippen LogP contribution in [0, 0.1) is 0 Å². The number of aromatic nitrogens is 2. The highest BCUT2D eigenvalue weighted by atomic mass is 16.3. The predicted molar refractivity (Wildman–Crippen MR) is 87.6 cm³/mol. The summed E-state index contributed by atoms with van der Waals surface area (Å²) >= 11 is 0. The maximum Gasteiger partial charge on any atom is 0.289 e. The van der Waals surface area contributed by atoms with Gasteiger partial charge in [-0.1, -0.05) is 6.92 Å². The molecule has 7 heteroatoms. The third-order valence-electron chi connectivity index (χ3n) is 3.83. The van der Waals surface area contributed by atoms with Crippen LogP contribution in [0.25, 0.3) is 0 Å². The van der Waals surface area contributed by atoms with E-state index >= 15 is 0 Å². The van der Waals surface area contributed by atoms with Crippen molar-refractivity contribution in [3.05, 3.63) is 36.5 Å². The average Bonchev–Trinajstić information content (AvgIpc) is 3.14. The van der Waals surface area contributed by atoms with Gasteiger partial charge in [-0.25, -0.2) is 9.97 Å². The summed E-state index contributed by atoms with van der Waals surface area (Å²) in [4.78, 5) is 24.8. The molecule has 1 fully saturated rings. The van der Waals surface area contributed by atoms with Crippen molar-refractivity contribution in [2.75, 3.05) is 42.9 Å². The number of piperazine rings is 1. The van der Waals surface area contributed by atoms with E-state index < -0.39 is 0 Å². The molecule has 1 N–H and O–H groups in total. The van der Waals surface area contributed by atoms with Gasteiger partial charge in [-0.15, -0.1) is 0 Å². The molecule has 1 aliphatic rings. The second-order valence-electron chi connectivity index (χ2n) is 5.44. The fourth-order valence-electron chi connectivity index (χ4n) is 2.56. The first-order chi connectivity index (χ1) is 11.3. The van der Waals surface area contributed by atoms with Gasteiger partial charge in [0, 0.05) is 38.8 Å². The summed E-state index contributed by atoms with van der Waals surface area (Å²) in [5.74, 6) is 2.07.